The number of rotatable bonds is 5. The first-order valence-electron chi connectivity index (χ1n) is 6.02. The van der Waals surface area contributed by atoms with Crippen LogP contribution in [0, 0.1) is 0 Å². The van der Waals surface area contributed by atoms with Crippen molar-refractivity contribution in [2.45, 2.75) is 45.6 Å². The average Bonchev–Trinajstić information content (AvgIpc) is 2.36. The van der Waals surface area contributed by atoms with Crippen LogP contribution in [0.5, 0.6) is 0 Å². The molecule has 0 fully saturated rings. The summed E-state index contributed by atoms with van der Waals surface area (Å²) >= 11 is 3.27. The van der Waals surface area contributed by atoms with Crippen LogP contribution < -0.4 is 5.32 Å². The van der Waals surface area contributed by atoms with Gasteiger partial charge in [-0.25, -0.2) is 4.98 Å². The monoisotopic (exact) mass is 298 g/mol. The van der Waals surface area contributed by atoms with E-state index in [0.717, 1.165) is 19.3 Å². The van der Waals surface area contributed by atoms with Crippen LogP contribution in [0.4, 0.5) is 0 Å². The van der Waals surface area contributed by atoms with Crippen LogP contribution in [-0.4, -0.2) is 16.4 Å². The molecular formula is C13H19BrN2O. The quantitative estimate of drug-likeness (QED) is 0.845. The Bertz CT molecular complexity index is 380. The number of hydrogen-bond donors (Lipinski definition) is 1. The maximum Gasteiger partial charge on any atom is 0.270 e. The van der Waals surface area contributed by atoms with Crippen LogP contribution in [0.2, 0.25) is 0 Å². The molecule has 0 radical (unpaired) electrons. The minimum atomic E-state index is -0.110. The lowest BCUT2D eigenvalue weighted by Gasteiger charge is -2.31. The van der Waals surface area contributed by atoms with Crippen LogP contribution in [0.1, 0.15) is 50.5 Å². The number of pyridine rings is 1. The SMILES string of the molecule is CCC(CC)(CC)NC(=O)c1cccc(Br)n1. The predicted molar refractivity (Wildman–Crippen MR) is 73.0 cm³/mol. The van der Waals surface area contributed by atoms with Crippen molar-refractivity contribution in [3.05, 3.63) is 28.5 Å². The molecule has 1 aromatic rings. The van der Waals surface area contributed by atoms with E-state index in [-0.39, 0.29) is 11.4 Å². The first-order chi connectivity index (χ1) is 8.06. The van der Waals surface area contributed by atoms with Crippen molar-refractivity contribution in [3.8, 4) is 0 Å². The maximum atomic E-state index is 12.1. The third-order valence-corrected chi connectivity index (χ3v) is 3.80. The summed E-state index contributed by atoms with van der Waals surface area (Å²) in [5, 5.41) is 3.10. The van der Waals surface area contributed by atoms with Gasteiger partial charge in [0.25, 0.3) is 5.91 Å². The number of amides is 1. The molecule has 17 heavy (non-hydrogen) atoms. The van der Waals surface area contributed by atoms with Crippen molar-refractivity contribution < 1.29 is 4.79 Å². The number of carbonyl (C=O) groups is 1. The van der Waals surface area contributed by atoms with Crippen molar-refractivity contribution in [3.63, 3.8) is 0 Å². The number of nitrogens with zero attached hydrogens (tertiary/aromatic N) is 1. The Balaban J connectivity index is 2.84. The lowest BCUT2D eigenvalue weighted by molar-refractivity contribution is 0.0883. The van der Waals surface area contributed by atoms with E-state index in [4.69, 9.17) is 0 Å². The van der Waals surface area contributed by atoms with Crippen LogP contribution in [0.15, 0.2) is 22.8 Å². The average molecular weight is 299 g/mol. The lowest BCUT2D eigenvalue weighted by Crippen LogP contribution is -2.47. The van der Waals surface area contributed by atoms with Gasteiger partial charge in [0.05, 0.1) is 0 Å². The van der Waals surface area contributed by atoms with E-state index in [1.165, 1.54) is 0 Å². The van der Waals surface area contributed by atoms with E-state index in [1.54, 1.807) is 6.07 Å². The van der Waals surface area contributed by atoms with Gasteiger partial charge >= 0.3 is 0 Å². The molecule has 0 bridgehead atoms. The Kier molecular flexibility index (Phi) is 5.12. The fourth-order valence-electron chi connectivity index (χ4n) is 1.85. The Morgan fingerprint density at radius 2 is 1.88 bits per heavy atom. The number of aromatic nitrogens is 1. The highest BCUT2D eigenvalue weighted by Gasteiger charge is 2.26. The summed E-state index contributed by atoms with van der Waals surface area (Å²) in [6.45, 7) is 6.30. The number of halogens is 1. The van der Waals surface area contributed by atoms with E-state index >= 15 is 0 Å². The first kappa shape index (κ1) is 14.2. The molecule has 0 spiro atoms. The van der Waals surface area contributed by atoms with E-state index < -0.39 is 0 Å². The van der Waals surface area contributed by atoms with Crippen LogP contribution in [0.3, 0.4) is 0 Å². The van der Waals surface area contributed by atoms with Gasteiger partial charge in [0.1, 0.15) is 10.3 Å². The second-order valence-corrected chi connectivity index (χ2v) is 4.95. The zero-order chi connectivity index (χ0) is 12.9. The standard InChI is InChI=1S/C13H19BrN2O/c1-4-13(5-2,6-3)16-12(17)10-8-7-9-11(14)15-10/h7-9H,4-6H2,1-3H3,(H,16,17). The van der Waals surface area contributed by atoms with E-state index in [1.807, 2.05) is 12.1 Å². The van der Waals surface area contributed by atoms with E-state index in [0.29, 0.717) is 10.3 Å². The summed E-state index contributed by atoms with van der Waals surface area (Å²) in [5.74, 6) is -0.100. The Hall–Kier alpha value is -0.900. The molecule has 1 amide bonds. The van der Waals surface area contributed by atoms with Gasteiger partial charge in [0.2, 0.25) is 0 Å². The van der Waals surface area contributed by atoms with Gasteiger partial charge in [0.15, 0.2) is 0 Å². The Morgan fingerprint density at radius 1 is 1.29 bits per heavy atom. The van der Waals surface area contributed by atoms with E-state index in [9.17, 15) is 4.79 Å². The zero-order valence-electron chi connectivity index (χ0n) is 10.6. The molecule has 1 heterocycles. The van der Waals surface area contributed by atoms with Gasteiger partial charge in [-0.05, 0) is 47.3 Å². The smallest absolute Gasteiger partial charge is 0.270 e. The highest BCUT2D eigenvalue weighted by Crippen LogP contribution is 2.20. The topological polar surface area (TPSA) is 42.0 Å². The Morgan fingerprint density at radius 3 is 2.35 bits per heavy atom. The summed E-state index contributed by atoms with van der Waals surface area (Å²) in [5.41, 5.74) is 0.347. The molecule has 0 saturated carbocycles. The summed E-state index contributed by atoms with van der Waals surface area (Å²) < 4.78 is 0.681. The van der Waals surface area contributed by atoms with Gasteiger partial charge in [0, 0.05) is 5.54 Å². The van der Waals surface area contributed by atoms with Gasteiger partial charge in [-0.15, -0.1) is 0 Å². The number of carbonyl (C=O) groups excluding carboxylic acids is 1. The highest BCUT2D eigenvalue weighted by atomic mass is 79.9. The molecule has 94 valence electrons. The Labute approximate surface area is 111 Å². The third kappa shape index (κ3) is 3.53. The molecule has 0 saturated heterocycles. The molecule has 1 N–H and O–H groups in total. The van der Waals surface area contributed by atoms with Crippen molar-refractivity contribution >= 4 is 21.8 Å². The second-order valence-electron chi connectivity index (χ2n) is 4.14. The molecule has 4 heteroatoms. The van der Waals surface area contributed by atoms with Gasteiger partial charge in [-0.3, -0.25) is 4.79 Å². The van der Waals surface area contributed by atoms with Crippen LogP contribution in [-0.2, 0) is 0 Å². The molecule has 0 aromatic carbocycles. The summed E-state index contributed by atoms with van der Waals surface area (Å²) in [6.07, 6.45) is 2.79. The molecule has 0 aliphatic rings. The summed E-state index contributed by atoms with van der Waals surface area (Å²) in [7, 11) is 0. The zero-order valence-corrected chi connectivity index (χ0v) is 12.2. The third-order valence-electron chi connectivity index (χ3n) is 3.36. The minimum Gasteiger partial charge on any atom is -0.345 e. The highest BCUT2D eigenvalue weighted by molar-refractivity contribution is 9.10. The first-order valence-corrected chi connectivity index (χ1v) is 6.81. The van der Waals surface area contributed by atoms with Crippen molar-refractivity contribution in [1.29, 1.82) is 0 Å². The van der Waals surface area contributed by atoms with Crippen molar-refractivity contribution in [1.82, 2.24) is 10.3 Å². The molecule has 0 unspecified atom stereocenters. The molecule has 1 rings (SSSR count). The largest absolute Gasteiger partial charge is 0.345 e. The number of nitrogens with one attached hydrogen (secondary N) is 1. The van der Waals surface area contributed by atoms with Gasteiger partial charge in [-0.1, -0.05) is 26.8 Å². The fourth-order valence-corrected chi connectivity index (χ4v) is 2.20. The number of hydrogen-bond acceptors (Lipinski definition) is 2. The lowest BCUT2D eigenvalue weighted by atomic mass is 9.89. The van der Waals surface area contributed by atoms with Crippen LogP contribution >= 0.6 is 15.9 Å². The predicted octanol–water partition coefficient (Wildman–Crippen LogP) is 3.54. The molecule has 0 aliphatic heterocycles. The molecule has 0 aliphatic carbocycles. The minimum absolute atomic E-state index is 0.100. The van der Waals surface area contributed by atoms with Crippen molar-refractivity contribution in [2.24, 2.45) is 0 Å². The molecular weight excluding hydrogens is 280 g/mol. The maximum absolute atomic E-state index is 12.1. The fraction of sp³-hybridized carbons (Fsp3) is 0.538. The molecule has 0 atom stereocenters. The van der Waals surface area contributed by atoms with Crippen molar-refractivity contribution in [2.75, 3.05) is 0 Å². The van der Waals surface area contributed by atoms with Gasteiger partial charge in [-0.2, -0.15) is 0 Å². The van der Waals surface area contributed by atoms with E-state index in [2.05, 4.69) is 47.0 Å². The normalized spacial score (nSPS) is 11.3. The summed E-state index contributed by atoms with van der Waals surface area (Å²) in [6, 6.07) is 5.35. The molecule has 3 nitrogen and oxygen atoms in total. The van der Waals surface area contributed by atoms with Gasteiger partial charge < -0.3 is 5.32 Å². The summed E-state index contributed by atoms with van der Waals surface area (Å²) in [4.78, 5) is 16.3. The van der Waals surface area contributed by atoms with Crippen LogP contribution in [0.25, 0.3) is 0 Å². The second kappa shape index (κ2) is 6.15. The molecule has 1 aromatic heterocycles.